The van der Waals surface area contributed by atoms with Crippen LogP contribution in [0.1, 0.15) is 66.2 Å². The van der Waals surface area contributed by atoms with Gasteiger partial charge in [0, 0.05) is 11.3 Å². The number of nitrogens with zero attached hydrogens (tertiary/aromatic N) is 3. The lowest BCUT2D eigenvalue weighted by atomic mass is 9.97. The molecule has 0 spiro atoms. The van der Waals surface area contributed by atoms with Crippen LogP contribution in [0.3, 0.4) is 0 Å². The summed E-state index contributed by atoms with van der Waals surface area (Å²) < 4.78 is 22.5. The molecular weight excluding hydrogens is 326 g/mol. The molecule has 1 aliphatic carbocycles. The van der Waals surface area contributed by atoms with Crippen molar-refractivity contribution in [2.45, 2.75) is 102 Å². The van der Waals surface area contributed by atoms with Crippen LogP contribution in [0.2, 0.25) is 0 Å². The molecule has 142 valence electrons. The van der Waals surface area contributed by atoms with Crippen LogP contribution in [0.5, 0.6) is 0 Å². The first-order valence-electron chi connectivity index (χ1n) is 9.03. The predicted molar refractivity (Wildman–Crippen MR) is 91.0 cm³/mol. The highest BCUT2D eigenvalue weighted by molar-refractivity contribution is 5.60. The third-order valence-electron chi connectivity index (χ3n) is 4.36. The van der Waals surface area contributed by atoms with E-state index in [1.807, 2.05) is 0 Å². The Labute approximate surface area is 148 Å². The Morgan fingerprint density at radius 1 is 1.24 bits per heavy atom. The molecule has 0 aromatic heterocycles. The Balaban J connectivity index is 1.96. The van der Waals surface area contributed by atoms with Gasteiger partial charge >= 0.3 is 6.16 Å². The molecule has 0 unspecified atom stereocenters. The SMILES string of the molecule is C[C@@H]1O[C@@H](OC2CCCCC2)C[C@H](N=[N+]=[N-])[C@H]1OC(=O)OC(C)(C)C. The molecule has 25 heavy (non-hydrogen) atoms. The molecule has 8 nitrogen and oxygen atoms in total. The van der Waals surface area contributed by atoms with E-state index >= 15 is 0 Å². The zero-order chi connectivity index (χ0) is 18.4. The quantitative estimate of drug-likeness (QED) is 0.320. The molecule has 4 atom stereocenters. The van der Waals surface area contributed by atoms with Crippen molar-refractivity contribution in [1.29, 1.82) is 0 Å². The highest BCUT2D eigenvalue weighted by Crippen LogP contribution is 2.30. The van der Waals surface area contributed by atoms with E-state index in [4.69, 9.17) is 24.5 Å². The summed E-state index contributed by atoms with van der Waals surface area (Å²) in [5.74, 6) is 0. The average molecular weight is 355 g/mol. The summed E-state index contributed by atoms with van der Waals surface area (Å²) in [5, 5.41) is 3.80. The van der Waals surface area contributed by atoms with Gasteiger partial charge in [0.25, 0.3) is 0 Å². The van der Waals surface area contributed by atoms with Crippen LogP contribution in [0, 0.1) is 0 Å². The smallest absolute Gasteiger partial charge is 0.429 e. The fraction of sp³-hybridized carbons (Fsp3) is 0.941. The average Bonchev–Trinajstić information content (AvgIpc) is 2.50. The van der Waals surface area contributed by atoms with E-state index in [1.165, 1.54) is 6.42 Å². The highest BCUT2D eigenvalue weighted by atomic mass is 16.8. The van der Waals surface area contributed by atoms with Crippen molar-refractivity contribution in [2.24, 2.45) is 5.11 Å². The van der Waals surface area contributed by atoms with Gasteiger partial charge in [-0.05, 0) is 46.1 Å². The molecule has 1 heterocycles. The third-order valence-corrected chi connectivity index (χ3v) is 4.36. The van der Waals surface area contributed by atoms with Crippen LogP contribution in [-0.2, 0) is 18.9 Å². The lowest BCUT2D eigenvalue weighted by Crippen LogP contribution is -2.50. The monoisotopic (exact) mass is 355 g/mol. The number of ether oxygens (including phenoxy) is 4. The van der Waals surface area contributed by atoms with Crippen LogP contribution in [0.15, 0.2) is 5.11 Å². The zero-order valence-corrected chi connectivity index (χ0v) is 15.5. The van der Waals surface area contributed by atoms with Gasteiger partial charge in [-0.25, -0.2) is 4.79 Å². The Bertz CT molecular complexity index is 495. The van der Waals surface area contributed by atoms with E-state index < -0.39 is 36.3 Å². The van der Waals surface area contributed by atoms with Crippen molar-refractivity contribution >= 4 is 6.16 Å². The van der Waals surface area contributed by atoms with Crippen molar-refractivity contribution in [2.75, 3.05) is 0 Å². The fourth-order valence-electron chi connectivity index (χ4n) is 3.26. The lowest BCUT2D eigenvalue weighted by Gasteiger charge is -2.39. The summed E-state index contributed by atoms with van der Waals surface area (Å²) >= 11 is 0. The van der Waals surface area contributed by atoms with Crippen molar-refractivity contribution in [3.8, 4) is 0 Å². The summed E-state index contributed by atoms with van der Waals surface area (Å²) in [6.07, 6.45) is 3.77. The largest absolute Gasteiger partial charge is 0.509 e. The molecule has 1 saturated heterocycles. The van der Waals surface area contributed by atoms with Gasteiger partial charge in [0.15, 0.2) is 6.29 Å². The van der Waals surface area contributed by atoms with Crippen LogP contribution in [0.25, 0.3) is 10.4 Å². The van der Waals surface area contributed by atoms with Gasteiger partial charge < -0.3 is 18.9 Å². The second-order valence-electron chi connectivity index (χ2n) is 7.72. The maximum Gasteiger partial charge on any atom is 0.509 e. The van der Waals surface area contributed by atoms with Crippen LogP contribution in [0.4, 0.5) is 4.79 Å². The van der Waals surface area contributed by atoms with Crippen molar-refractivity contribution < 1.29 is 23.7 Å². The van der Waals surface area contributed by atoms with E-state index in [0.717, 1.165) is 25.7 Å². The van der Waals surface area contributed by atoms with Crippen LogP contribution < -0.4 is 0 Å². The van der Waals surface area contributed by atoms with Crippen molar-refractivity contribution in [3.05, 3.63) is 10.4 Å². The second kappa shape index (κ2) is 8.74. The molecule has 0 radical (unpaired) electrons. The minimum Gasteiger partial charge on any atom is -0.429 e. The maximum atomic E-state index is 12.0. The fourth-order valence-corrected chi connectivity index (χ4v) is 3.26. The molecule has 2 aliphatic rings. The van der Waals surface area contributed by atoms with E-state index in [0.29, 0.717) is 6.42 Å². The minimum absolute atomic E-state index is 0.181. The van der Waals surface area contributed by atoms with Gasteiger partial charge in [-0.1, -0.05) is 24.4 Å². The zero-order valence-electron chi connectivity index (χ0n) is 15.5. The number of carbonyl (C=O) groups excluding carboxylic acids is 1. The second-order valence-corrected chi connectivity index (χ2v) is 7.72. The molecule has 1 saturated carbocycles. The normalized spacial score (nSPS) is 31.0. The molecule has 8 heteroatoms. The van der Waals surface area contributed by atoms with Crippen molar-refractivity contribution in [1.82, 2.24) is 0 Å². The first kappa shape index (κ1) is 19.8. The number of hydrogen-bond acceptors (Lipinski definition) is 6. The van der Waals surface area contributed by atoms with E-state index in [1.54, 1.807) is 27.7 Å². The van der Waals surface area contributed by atoms with Gasteiger partial charge in [-0.3, -0.25) is 0 Å². The minimum atomic E-state index is -0.794. The molecular formula is C17H29N3O5. The summed E-state index contributed by atoms with van der Waals surface area (Å²) in [6.45, 7) is 7.06. The van der Waals surface area contributed by atoms with Gasteiger partial charge in [0.05, 0.1) is 18.2 Å². The number of carbonyl (C=O) groups is 1. The first-order valence-corrected chi connectivity index (χ1v) is 9.03. The molecule has 0 bridgehead atoms. The molecule has 0 amide bonds. The number of rotatable bonds is 4. The molecule has 2 rings (SSSR count). The van der Waals surface area contributed by atoms with Crippen molar-refractivity contribution in [3.63, 3.8) is 0 Å². The standard InChI is InChI=1S/C17H29N3O5/c1-11-15(24-16(21)25-17(2,3)4)13(19-20-18)10-14(22-11)23-12-8-6-5-7-9-12/h11-15H,5-10H2,1-4H3/t11-,13-,14-,15-/m0/s1. The number of hydrogen-bond donors (Lipinski definition) is 0. The van der Waals surface area contributed by atoms with E-state index in [2.05, 4.69) is 10.0 Å². The Hall–Kier alpha value is -1.50. The number of azide groups is 1. The van der Waals surface area contributed by atoms with Crippen LogP contribution >= 0.6 is 0 Å². The Morgan fingerprint density at radius 3 is 2.52 bits per heavy atom. The summed E-state index contributed by atoms with van der Waals surface area (Å²) in [4.78, 5) is 14.8. The predicted octanol–water partition coefficient (Wildman–Crippen LogP) is 4.47. The topological polar surface area (TPSA) is 103 Å². The molecule has 0 aromatic carbocycles. The van der Waals surface area contributed by atoms with Gasteiger partial charge in [0.1, 0.15) is 11.7 Å². The maximum absolute atomic E-state index is 12.0. The van der Waals surface area contributed by atoms with E-state index in [9.17, 15) is 4.79 Å². The first-order chi connectivity index (χ1) is 11.8. The lowest BCUT2D eigenvalue weighted by molar-refractivity contribution is -0.244. The van der Waals surface area contributed by atoms with Gasteiger partial charge in [0.2, 0.25) is 0 Å². The van der Waals surface area contributed by atoms with Gasteiger partial charge in [-0.2, -0.15) is 0 Å². The highest BCUT2D eigenvalue weighted by Gasteiger charge is 2.40. The van der Waals surface area contributed by atoms with Gasteiger partial charge in [-0.15, -0.1) is 0 Å². The Morgan fingerprint density at radius 2 is 1.92 bits per heavy atom. The summed E-state index contributed by atoms with van der Waals surface area (Å²) in [5.41, 5.74) is 8.20. The molecule has 0 N–H and O–H groups in total. The molecule has 1 aliphatic heterocycles. The molecule has 0 aromatic rings. The summed E-state index contributed by atoms with van der Waals surface area (Å²) in [7, 11) is 0. The summed E-state index contributed by atoms with van der Waals surface area (Å²) in [6, 6.07) is -0.546. The third kappa shape index (κ3) is 6.38. The Kier molecular flexibility index (Phi) is 6.93. The molecule has 2 fully saturated rings. The van der Waals surface area contributed by atoms with E-state index in [-0.39, 0.29) is 6.10 Å². The van der Waals surface area contributed by atoms with Crippen LogP contribution in [-0.4, -0.2) is 42.4 Å².